The molecule has 1 fully saturated rings. The number of hydrogen-bond donors (Lipinski definition) is 2. The molecule has 3 aromatic rings. The fourth-order valence-electron chi connectivity index (χ4n) is 4.03. The molecule has 1 aliphatic heterocycles. The van der Waals surface area contributed by atoms with Gasteiger partial charge in [-0.3, -0.25) is 0 Å². The standard InChI is InChI=1S/C23H20ClF3N6O2/c1-11-7-13(12(2)29-14-3-4-18(24)31-20(14)22(34)35)19-15(8-11)30-16(9-28)21(32-19)33-6-5-23(26,27)17(25)10-33/h3-4,7-8,12,17,29H,5-6,10H2,1-2H3,(H,34,35)/t12-,17?/m1/s1. The summed E-state index contributed by atoms with van der Waals surface area (Å²) in [5, 5.41) is 22.2. The Morgan fingerprint density at radius 3 is 2.74 bits per heavy atom. The molecule has 4 rings (SSSR count). The summed E-state index contributed by atoms with van der Waals surface area (Å²) >= 11 is 5.84. The molecule has 1 saturated heterocycles. The van der Waals surface area contributed by atoms with E-state index < -0.39 is 37.1 Å². The Bertz CT molecular complexity index is 1360. The molecule has 8 nitrogen and oxygen atoms in total. The van der Waals surface area contributed by atoms with Crippen molar-refractivity contribution in [1.29, 1.82) is 5.26 Å². The molecule has 2 N–H and O–H groups in total. The number of nitriles is 1. The van der Waals surface area contributed by atoms with Crippen molar-refractivity contribution in [3.63, 3.8) is 0 Å². The lowest BCUT2D eigenvalue weighted by atomic mass is 10.0. The van der Waals surface area contributed by atoms with Crippen molar-refractivity contribution >= 4 is 40.1 Å². The molecule has 0 radical (unpaired) electrons. The number of carboxylic acid groups (broad SMARTS) is 1. The summed E-state index contributed by atoms with van der Waals surface area (Å²) in [6.07, 6.45) is -3.11. The second-order valence-electron chi connectivity index (χ2n) is 8.36. The molecule has 182 valence electrons. The molecule has 0 amide bonds. The first-order valence-electron chi connectivity index (χ1n) is 10.7. The maximum Gasteiger partial charge on any atom is 0.356 e. The molecule has 0 bridgehead atoms. The van der Waals surface area contributed by atoms with Gasteiger partial charge in [-0.1, -0.05) is 17.7 Å². The number of rotatable bonds is 5. The average molecular weight is 505 g/mol. The number of hydrogen-bond acceptors (Lipinski definition) is 7. The van der Waals surface area contributed by atoms with E-state index >= 15 is 0 Å². The summed E-state index contributed by atoms with van der Waals surface area (Å²) in [5.41, 5.74) is 2.05. The molecule has 1 unspecified atom stereocenters. The van der Waals surface area contributed by atoms with E-state index in [0.717, 1.165) is 5.56 Å². The summed E-state index contributed by atoms with van der Waals surface area (Å²) in [5.74, 6) is -4.68. The first-order chi connectivity index (χ1) is 16.5. The van der Waals surface area contributed by atoms with E-state index in [9.17, 15) is 28.3 Å². The zero-order chi connectivity index (χ0) is 25.5. The SMILES string of the molecule is Cc1cc([C@@H](C)Nc2ccc(Cl)nc2C(=O)O)c2nc(N3CCC(F)(F)C(F)C3)c(C#N)nc2c1. The fraction of sp³-hybridized carbons (Fsp3) is 0.348. The highest BCUT2D eigenvalue weighted by molar-refractivity contribution is 6.29. The van der Waals surface area contributed by atoms with Crippen LogP contribution in [0.2, 0.25) is 5.15 Å². The lowest BCUT2D eigenvalue weighted by Crippen LogP contribution is -2.49. The number of fused-ring (bicyclic) bond motifs is 1. The third-order valence-electron chi connectivity index (χ3n) is 5.79. The van der Waals surface area contributed by atoms with Gasteiger partial charge in [-0.2, -0.15) is 5.26 Å². The minimum absolute atomic E-state index is 0.0230. The molecule has 2 atom stereocenters. The van der Waals surface area contributed by atoms with Gasteiger partial charge in [0.25, 0.3) is 5.92 Å². The number of pyridine rings is 1. The van der Waals surface area contributed by atoms with Crippen molar-refractivity contribution in [2.24, 2.45) is 0 Å². The first kappa shape index (κ1) is 24.5. The molecule has 0 aliphatic carbocycles. The summed E-state index contributed by atoms with van der Waals surface area (Å²) in [6.45, 7) is 2.79. The van der Waals surface area contributed by atoms with Crippen molar-refractivity contribution in [1.82, 2.24) is 15.0 Å². The number of carboxylic acids is 1. The van der Waals surface area contributed by atoms with Crippen LogP contribution < -0.4 is 10.2 Å². The summed E-state index contributed by atoms with van der Waals surface area (Å²) in [4.78, 5) is 25.7. The Balaban J connectivity index is 1.78. The highest BCUT2D eigenvalue weighted by Gasteiger charge is 2.45. The van der Waals surface area contributed by atoms with Crippen molar-refractivity contribution in [2.75, 3.05) is 23.3 Å². The topological polar surface area (TPSA) is 115 Å². The Morgan fingerprint density at radius 2 is 2.09 bits per heavy atom. The van der Waals surface area contributed by atoms with Gasteiger partial charge in [0.15, 0.2) is 23.4 Å². The number of halogens is 4. The van der Waals surface area contributed by atoms with Crippen LogP contribution in [0.4, 0.5) is 24.7 Å². The van der Waals surface area contributed by atoms with Gasteiger partial charge in [0.2, 0.25) is 0 Å². The zero-order valence-corrected chi connectivity index (χ0v) is 19.4. The van der Waals surface area contributed by atoms with Gasteiger partial charge >= 0.3 is 5.97 Å². The van der Waals surface area contributed by atoms with Crippen LogP contribution in [-0.4, -0.2) is 51.2 Å². The van der Waals surface area contributed by atoms with Crippen molar-refractivity contribution in [2.45, 2.75) is 38.4 Å². The monoisotopic (exact) mass is 504 g/mol. The Kier molecular flexibility index (Phi) is 6.42. The lowest BCUT2D eigenvalue weighted by Gasteiger charge is -2.35. The van der Waals surface area contributed by atoms with Gasteiger partial charge < -0.3 is 15.3 Å². The van der Waals surface area contributed by atoms with Crippen LogP contribution in [-0.2, 0) is 0 Å². The van der Waals surface area contributed by atoms with Gasteiger partial charge in [-0.25, -0.2) is 32.9 Å². The number of aromatic carboxylic acids is 1. The summed E-state index contributed by atoms with van der Waals surface area (Å²) < 4.78 is 41.5. The number of anilines is 2. The predicted molar refractivity (Wildman–Crippen MR) is 124 cm³/mol. The van der Waals surface area contributed by atoms with Gasteiger partial charge in [0.1, 0.15) is 11.2 Å². The summed E-state index contributed by atoms with van der Waals surface area (Å²) in [7, 11) is 0. The molecule has 35 heavy (non-hydrogen) atoms. The maximum absolute atomic E-state index is 14.1. The molecule has 2 aromatic heterocycles. The summed E-state index contributed by atoms with van der Waals surface area (Å²) in [6, 6.07) is 7.90. The highest BCUT2D eigenvalue weighted by atomic mass is 35.5. The van der Waals surface area contributed by atoms with Gasteiger partial charge in [0.05, 0.1) is 29.3 Å². The molecule has 1 aromatic carbocycles. The van der Waals surface area contributed by atoms with E-state index in [1.54, 1.807) is 13.0 Å². The van der Waals surface area contributed by atoms with Crippen LogP contribution in [0.3, 0.4) is 0 Å². The Labute approximate surface area is 203 Å². The number of piperidine rings is 1. The normalized spacial score (nSPS) is 18.2. The number of aromatic nitrogens is 3. The van der Waals surface area contributed by atoms with E-state index in [-0.39, 0.29) is 34.6 Å². The van der Waals surface area contributed by atoms with E-state index in [1.165, 1.54) is 17.0 Å². The number of alkyl halides is 3. The van der Waals surface area contributed by atoms with Crippen molar-refractivity contribution < 1.29 is 23.1 Å². The molecular weight excluding hydrogens is 485 g/mol. The van der Waals surface area contributed by atoms with Gasteiger partial charge in [-0.05, 0) is 37.6 Å². The fourth-order valence-corrected chi connectivity index (χ4v) is 4.17. The van der Waals surface area contributed by atoms with E-state index in [2.05, 4.69) is 20.3 Å². The molecule has 3 heterocycles. The highest BCUT2D eigenvalue weighted by Crippen LogP contribution is 2.35. The largest absolute Gasteiger partial charge is 0.476 e. The van der Waals surface area contributed by atoms with Crippen molar-refractivity contribution in [3.8, 4) is 6.07 Å². The predicted octanol–water partition coefficient (Wildman–Crippen LogP) is 4.91. The second-order valence-corrected chi connectivity index (χ2v) is 8.74. The number of nitrogens with one attached hydrogen (secondary N) is 1. The average Bonchev–Trinajstić information content (AvgIpc) is 2.80. The second kappa shape index (κ2) is 9.19. The van der Waals surface area contributed by atoms with Gasteiger partial charge in [-0.15, -0.1) is 0 Å². The Hall–Kier alpha value is -3.65. The zero-order valence-electron chi connectivity index (χ0n) is 18.7. The van der Waals surface area contributed by atoms with Gasteiger partial charge in [0, 0.05) is 18.5 Å². The third-order valence-corrected chi connectivity index (χ3v) is 6.00. The number of nitrogens with zero attached hydrogens (tertiary/aromatic N) is 5. The molecule has 0 saturated carbocycles. The smallest absolute Gasteiger partial charge is 0.356 e. The van der Waals surface area contributed by atoms with E-state index in [4.69, 9.17) is 11.6 Å². The van der Waals surface area contributed by atoms with Crippen LogP contribution in [0.1, 0.15) is 46.7 Å². The molecular formula is C23H20ClF3N6O2. The minimum Gasteiger partial charge on any atom is -0.476 e. The number of benzene rings is 1. The Morgan fingerprint density at radius 1 is 1.34 bits per heavy atom. The number of aryl methyl sites for hydroxylation is 1. The molecule has 12 heteroatoms. The quantitative estimate of drug-likeness (QED) is 0.471. The first-order valence-corrected chi connectivity index (χ1v) is 11.0. The minimum atomic E-state index is -3.44. The van der Waals surface area contributed by atoms with Crippen LogP contribution >= 0.6 is 11.6 Å². The molecule has 1 aliphatic rings. The van der Waals surface area contributed by atoms with Crippen LogP contribution in [0.15, 0.2) is 24.3 Å². The van der Waals surface area contributed by atoms with E-state index in [0.29, 0.717) is 16.6 Å². The lowest BCUT2D eigenvalue weighted by molar-refractivity contribution is -0.0841. The van der Waals surface area contributed by atoms with Crippen LogP contribution in [0, 0.1) is 18.3 Å². The third kappa shape index (κ3) is 4.79. The van der Waals surface area contributed by atoms with E-state index in [1.807, 2.05) is 19.1 Å². The van der Waals surface area contributed by atoms with Crippen LogP contribution in [0.25, 0.3) is 11.0 Å². The molecule has 0 spiro atoms. The maximum atomic E-state index is 14.1. The van der Waals surface area contributed by atoms with Crippen molar-refractivity contribution in [3.05, 3.63) is 51.9 Å². The van der Waals surface area contributed by atoms with Crippen LogP contribution in [0.5, 0.6) is 0 Å². The number of carbonyl (C=O) groups is 1.